The van der Waals surface area contributed by atoms with E-state index in [1.54, 1.807) is 0 Å². The van der Waals surface area contributed by atoms with Gasteiger partial charge in [0, 0.05) is 23.9 Å². The second kappa shape index (κ2) is 10.5. The van der Waals surface area contributed by atoms with Crippen molar-refractivity contribution in [1.29, 1.82) is 0 Å². The van der Waals surface area contributed by atoms with Crippen LogP contribution in [0, 0.1) is 5.92 Å². The summed E-state index contributed by atoms with van der Waals surface area (Å²) in [4.78, 5) is 4.99. The number of aromatic nitrogens is 7. The molecule has 35 heavy (non-hydrogen) atoms. The molecular formula is C27H34N8. The van der Waals surface area contributed by atoms with Crippen LogP contribution in [0.3, 0.4) is 0 Å². The molecule has 0 bridgehead atoms. The van der Waals surface area contributed by atoms with E-state index >= 15 is 0 Å². The number of rotatable bonds is 8. The van der Waals surface area contributed by atoms with Crippen molar-refractivity contribution in [1.82, 2.24) is 35.4 Å². The van der Waals surface area contributed by atoms with E-state index < -0.39 is 0 Å². The van der Waals surface area contributed by atoms with Gasteiger partial charge in [0.25, 0.3) is 0 Å². The van der Waals surface area contributed by atoms with Gasteiger partial charge in [0.1, 0.15) is 5.82 Å². The first kappa shape index (κ1) is 23.4. The first-order chi connectivity index (χ1) is 17.1. The van der Waals surface area contributed by atoms with Crippen LogP contribution in [0.15, 0.2) is 48.5 Å². The molecule has 2 heterocycles. The number of aromatic amines is 1. The third kappa shape index (κ3) is 5.17. The van der Waals surface area contributed by atoms with Crippen molar-refractivity contribution in [2.75, 3.05) is 0 Å². The Labute approximate surface area is 206 Å². The number of nitrogens with one attached hydrogen (secondary N) is 1. The Kier molecular flexibility index (Phi) is 6.99. The van der Waals surface area contributed by atoms with Crippen molar-refractivity contribution in [2.45, 2.75) is 70.9 Å². The highest BCUT2D eigenvalue weighted by molar-refractivity contribution is 5.80. The molecule has 1 aliphatic carbocycles. The summed E-state index contributed by atoms with van der Waals surface area (Å²) in [6.45, 7) is 5.05. The second-order valence-electron chi connectivity index (χ2n) is 9.76. The quantitative estimate of drug-likeness (QED) is 0.384. The highest BCUT2D eigenvalue weighted by Crippen LogP contribution is 2.36. The molecule has 4 aromatic rings. The second-order valence-corrected chi connectivity index (χ2v) is 9.76. The van der Waals surface area contributed by atoms with Gasteiger partial charge in [-0.3, -0.25) is 0 Å². The van der Waals surface area contributed by atoms with Crippen LogP contribution in [0.1, 0.15) is 69.1 Å². The van der Waals surface area contributed by atoms with Crippen LogP contribution < -0.4 is 5.73 Å². The minimum Gasteiger partial charge on any atom is -0.328 e. The van der Waals surface area contributed by atoms with E-state index in [1.807, 2.05) is 18.2 Å². The third-order valence-corrected chi connectivity index (χ3v) is 7.22. The number of benzene rings is 2. The van der Waals surface area contributed by atoms with E-state index in [0.29, 0.717) is 17.7 Å². The Balaban J connectivity index is 1.37. The van der Waals surface area contributed by atoms with Gasteiger partial charge in [-0.25, -0.2) is 14.8 Å². The molecule has 2 aromatic carbocycles. The van der Waals surface area contributed by atoms with Crippen molar-refractivity contribution in [3.8, 4) is 22.5 Å². The molecule has 1 unspecified atom stereocenters. The molecule has 8 heteroatoms. The first-order valence-electron chi connectivity index (χ1n) is 12.7. The predicted molar refractivity (Wildman–Crippen MR) is 137 cm³/mol. The van der Waals surface area contributed by atoms with Gasteiger partial charge in [-0.15, -0.1) is 5.10 Å². The molecule has 1 aliphatic rings. The summed E-state index contributed by atoms with van der Waals surface area (Å²) in [6, 6.07) is 17.1. The summed E-state index contributed by atoms with van der Waals surface area (Å²) in [5.41, 5.74) is 10.6. The van der Waals surface area contributed by atoms with Gasteiger partial charge in [-0.2, -0.15) is 5.10 Å². The zero-order chi connectivity index (χ0) is 24.2. The van der Waals surface area contributed by atoms with Gasteiger partial charge in [0.05, 0.1) is 6.54 Å². The fraction of sp³-hybridized carbons (Fsp3) is 0.444. The maximum Gasteiger partial charge on any atom is 0.180 e. The number of hydrogen-bond acceptors (Lipinski definition) is 6. The van der Waals surface area contributed by atoms with Crippen LogP contribution in [0.2, 0.25) is 0 Å². The SMILES string of the molecule is CCCc1nc(C2CCC(C(C)N)CC2)n(Cc2ccc(-c3ccccc3-c3nnn[nH]3)cc2)n1. The molecule has 182 valence electrons. The summed E-state index contributed by atoms with van der Waals surface area (Å²) < 4.78 is 2.14. The molecule has 0 saturated heterocycles. The van der Waals surface area contributed by atoms with Crippen molar-refractivity contribution in [2.24, 2.45) is 11.7 Å². The minimum atomic E-state index is 0.272. The lowest BCUT2D eigenvalue weighted by Gasteiger charge is -2.30. The average Bonchev–Trinajstić information content (AvgIpc) is 3.55. The Hall–Kier alpha value is -3.39. The topological polar surface area (TPSA) is 111 Å². The van der Waals surface area contributed by atoms with E-state index in [4.69, 9.17) is 15.8 Å². The van der Waals surface area contributed by atoms with Crippen LogP contribution in [-0.2, 0) is 13.0 Å². The van der Waals surface area contributed by atoms with E-state index in [1.165, 1.54) is 18.4 Å². The van der Waals surface area contributed by atoms with Gasteiger partial charge >= 0.3 is 0 Å². The molecule has 8 nitrogen and oxygen atoms in total. The maximum absolute atomic E-state index is 6.17. The summed E-state index contributed by atoms with van der Waals surface area (Å²) in [6.07, 6.45) is 6.60. The molecule has 1 saturated carbocycles. The number of nitrogens with two attached hydrogens (primary N) is 1. The normalized spacial score (nSPS) is 19.1. The lowest BCUT2D eigenvalue weighted by molar-refractivity contribution is 0.282. The van der Waals surface area contributed by atoms with Crippen LogP contribution in [0.25, 0.3) is 22.5 Å². The third-order valence-electron chi connectivity index (χ3n) is 7.22. The fourth-order valence-corrected chi connectivity index (χ4v) is 5.23. The first-order valence-corrected chi connectivity index (χ1v) is 12.7. The van der Waals surface area contributed by atoms with Crippen molar-refractivity contribution in [3.05, 3.63) is 65.7 Å². The molecule has 1 fully saturated rings. The zero-order valence-electron chi connectivity index (χ0n) is 20.6. The Morgan fingerprint density at radius 2 is 1.77 bits per heavy atom. The van der Waals surface area contributed by atoms with Gasteiger partial charge in [0.2, 0.25) is 0 Å². The molecule has 0 aliphatic heterocycles. The van der Waals surface area contributed by atoms with Crippen LogP contribution >= 0.6 is 0 Å². The van der Waals surface area contributed by atoms with E-state index in [-0.39, 0.29) is 6.04 Å². The summed E-state index contributed by atoms with van der Waals surface area (Å²) in [5, 5.41) is 19.3. The van der Waals surface area contributed by atoms with Crippen LogP contribution in [-0.4, -0.2) is 41.4 Å². The van der Waals surface area contributed by atoms with Crippen LogP contribution in [0.5, 0.6) is 0 Å². The molecule has 0 radical (unpaired) electrons. The maximum atomic E-state index is 6.17. The molecule has 3 N–H and O–H groups in total. The monoisotopic (exact) mass is 470 g/mol. The molecule has 1 atom stereocenters. The van der Waals surface area contributed by atoms with Gasteiger partial charge in [-0.05, 0) is 72.1 Å². The minimum absolute atomic E-state index is 0.272. The zero-order valence-corrected chi connectivity index (χ0v) is 20.6. The Morgan fingerprint density at radius 1 is 1.03 bits per heavy atom. The van der Waals surface area contributed by atoms with Crippen LogP contribution in [0.4, 0.5) is 0 Å². The number of nitrogens with zero attached hydrogens (tertiary/aromatic N) is 6. The molecular weight excluding hydrogens is 436 g/mol. The van der Waals surface area contributed by atoms with Crippen molar-refractivity contribution in [3.63, 3.8) is 0 Å². The Bertz CT molecular complexity index is 1220. The Morgan fingerprint density at radius 3 is 2.43 bits per heavy atom. The largest absolute Gasteiger partial charge is 0.328 e. The van der Waals surface area contributed by atoms with E-state index in [9.17, 15) is 0 Å². The number of tetrazole rings is 1. The van der Waals surface area contributed by atoms with Crippen molar-refractivity contribution >= 4 is 0 Å². The summed E-state index contributed by atoms with van der Waals surface area (Å²) in [7, 11) is 0. The molecule has 0 spiro atoms. The highest BCUT2D eigenvalue weighted by Gasteiger charge is 2.28. The lowest BCUT2D eigenvalue weighted by atomic mass is 9.79. The van der Waals surface area contributed by atoms with Gasteiger partial charge < -0.3 is 5.73 Å². The van der Waals surface area contributed by atoms with E-state index in [2.05, 4.69) is 69.5 Å². The number of H-pyrrole nitrogens is 1. The van der Waals surface area contributed by atoms with Gasteiger partial charge in [0.15, 0.2) is 11.6 Å². The fourth-order valence-electron chi connectivity index (χ4n) is 5.23. The highest BCUT2D eigenvalue weighted by atomic mass is 15.5. The molecule has 0 amide bonds. The van der Waals surface area contributed by atoms with E-state index in [0.717, 1.165) is 60.6 Å². The van der Waals surface area contributed by atoms with Gasteiger partial charge in [-0.1, -0.05) is 55.5 Å². The summed E-state index contributed by atoms with van der Waals surface area (Å²) in [5.74, 6) is 3.86. The molecule has 5 rings (SSSR count). The number of aryl methyl sites for hydroxylation is 1. The lowest BCUT2D eigenvalue weighted by Crippen LogP contribution is -2.30. The number of hydrogen-bond donors (Lipinski definition) is 2. The average molecular weight is 471 g/mol. The summed E-state index contributed by atoms with van der Waals surface area (Å²) >= 11 is 0. The smallest absolute Gasteiger partial charge is 0.180 e. The predicted octanol–water partition coefficient (Wildman–Crippen LogP) is 4.75. The molecule has 2 aromatic heterocycles. The van der Waals surface area contributed by atoms with Crippen molar-refractivity contribution < 1.29 is 0 Å². The standard InChI is InChI=1S/C27H34N8/c1-3-6-25-29-27(22-15-13-20(14-16-22)18(2)28)35(32-25)17-19-9-11-21(12-10-19)23-7-4-5-8-24(23)26-30-33-34-31-26/h4-5,7-12,18,20,22H,3,6,13-17,28H2,1-2H3,(H,30,31,33,34).